The first-order valence-electron chi connectivity index (χ1n) is 7.31. The average Bonchev–Trinajstić information content (AvgIpc) is 2.68. The second-order valence-corrected chi connectivity index (χ2v) is 6.73. The van der Waals surface area contributed by atoms with E-state index in [1.165, 1.54) is 15.6 Å². The van der Waals surface area contributed by atoms with Crippen molar-refractivity contribution in [3.63, 3.8) is 0 Å². The molecule has 0 amide bonds. The monoisotopic (exact) mass is 284 g/mol. The van der Waals surface area contributed by atoms with Crippen LogP contribution in [-0.4, -0.2) is 24.2 Å². The van der Waals surface area contributed by atoms with E-state index in [-0.39, 0.29) is 0 Å². The van der Waals surface area contributed by atoms with Gasteiger partial charge in [-0.05, 0) is 19.3 Å². The Kier molecular flexibility index (Phi) is 7.57. The fourth-order valence-electron chi connectivity index (χ4n) is 1.83. The third-order valence-electron chi connectivity index (χ3n) is 2.76. The lowest BCUT2D eigenvalue weighted by molar-refractivity contribution is 0.151. The van der Waals surface area contributed by atoms with E-state index >= 15 is 0 Å². The molecule has 19 heavy (non-hydrogen) atoms. The number of ether oxygens (including phenoxy) is 1. The van der Waals surface area contributed by atoms with Crippen LogP contribution in [0.5, 0.6) is 0 Å². The predicted octanol–water partition coefficient (Wildman–Crippen LogP) is 3.42. The fourth-order valence-corrected chi connectivity index (χ4v) is 2.86. The Hall–Kier alpha value is -0.450. The Bertz CT molecular complexity index is 361. The van der Waals surface area contributed by atoms with E-state index in [0.29, 0.717) is 12.0 Å². The van der Waals surface area contributed by atoms with Gasteiger partial charge in [0.1, 0.15) is 0 Å². The Morgan fingerprint density at radius 1 is 1.26 bits per heavy atom. The Labute approximate surface area is 121 Å². The molecule has 3 nitrogen and oxygen atoms in total. The molecule has 0 unspecified atom stereocenters. The number of hydrogen-bond donors (Lipinski definition) is 1. The van der Waals surface area contributed by atoms with E-state index in [9.17, 15) is 0 Å². The molecule has 0 aliphatic heterocycles. The zero-order valence-corrected chi connectivity index (χ0v) is 13.8. The standard InChI is InChI=1S/C15H28N2OS/c1-6-18-8-7-15-17-13(9-11(2)3)14(19-15)10-16-12(4)5/h11-12,16H,6-10H2,1-5H3. The minimum absolute atomic E-state index is 0.515. The highest BCUT2D eigenvalue weighted by Crippen LogP contribution is 2.22. The number of hydrogen-bond acceptors (Lipinski definition) is 4. The summed E-state index contributed by atoms with van der Waals surface area (Å²) in [6.45, 7) is 13.4. The molecule has 0 aromatic carbocycles. The van der Waals surface area contributed by atoms with Gasteiger partial charge in [-0.25, -0.2) is 4.98 Å². The molecular weight excluding hydrogens is 256 g/mol. The maximum Gasteiger partial charge on any atom is 0.0954 e. The van der Waals surface area contributed by atoms with Gasteiger partial charge in [0.2, 0.25) is 0 Å². The van der Waals surface area contributed by atoms with Gasteiger partial charge in [0.05, 0.1) is 17.3 Å². The van der Waals surface area contributed by atoms with Crippen LogP contribution in [0.25, 0.3) is 0 Å². The topological polar surface area (TPSA) is 34.1 Å². The SMILES string of the molecule is CCOCCc1nc(CC(C)C)c(CNC(C)C)s1. The third kappa shape index (κ3) is 6.50. The van der Waals surface area contributed by atoms with Crippen LogP contribution >= 0.6 is 11.3 Å². The molecule has 0 aliphatic carbocycles. The number of thiazole rings is 1. The first-order valence-corrected chi connectivity index (χ1v) is 8.13. The van der Waals surface area contributed by atoms with Gasteiger partial charge in [-0.2, -0.15) is 0 Å². The van der Waals surface area contributed by atoms with Crippen LogP contribution in [-0.2, 0) is 24.1 Å². The molecule has 0 bridgehead atoms. The lowest BCUT2D eigenvalue weighted by Gasteiger charge is -2.08. The van der Waals surface area contributed by atoms with E-state index < -0.39 is 0 Å². The maximum absolute atomic E-state index is 5.42. The van der Waals surface area contributed by atoms with Crippen LogP contribution in [0.3, 0.4) is 0 Å². The molecule has 0 radical (unpaired) electrons. The summed E-state index contributed by atoms with van der Waals surface area (Å²) in [5.41, 5.74) is 1.28. The smallest absolute Gasteiger partial charge is 0.0954 e. The molecule has 1 heterocycles. The minimum Gasteiger partial charge on any atom is -0.381 e. The molecule has 0 aliphatic rings. The van der Waals surface area contributed by atoms with Gasteiger partial charge in [-0.15, -0.1) is 11.3 Å². The summed E-state index contributed by atoms with van der Waals surface area (Å²) in [5, 5.41) is 4.71. The largest absolute Gasteiger partial charge is 0.381 e. The van der Waals surface area contributed by atoms with Crippen LogP contribution in [0.4, 0.5) is 0 Å². The summed E-state index contributed by atoms with van der Waals surface area (Å²) in [7, 11) is 0. The zero-order valence-electron chi connectivity index (χ0n) is 13.0. The van der Waals surface area contributed by atoms with Crippen molar-refractivity contribution in [1.29, 1.82) is 0 Å². The molecule has 0 atom stereocenters. The summed E-state index contributed by atoms with van der Waals surface area (Å²) in [6.07, 6.45) is 2.01. The predicted molar refractivity (Wildman–Crippen MR) is 82.8 cm³/mol. The third-order valence-corrected chi connectivity index (χ3v) is 3.92. The quantitative estimate of drug-likeness (QED) is 0.706. The van der Waals surface area contributed by atoms with Crippen LogP contribution in [0, 0.1) is 5.92 Å². The van der Waals surface area contributed by atoms with Crippen LogP contribution in [0.2, 0.25) is 0 Å². The summed E-state index contributed by atoms with van der Waals surface area (Å²) < 4.78 is 5.42. The second-order valence-electron chi connectivity index (χ2n) is 5.56. The molecule has 1 aromatic rings. The van der Waals surface area contributed by atoms with Crippen molar-refractivity contribution < 1.29 is 4.74 Å². The molecule has 1 N–H and O–H groups in total. The number of nitrogens with one attached hydrogen (secondary N) is 1. The Morgan fingerprint density at radius 3 is 2.58 bits per heavy atom. The summed E-state index contributed by atoms with van der Waals surface area (Å²) in [6, 6.07) is 0.515. The average molecular weight is 284 g/mol. The Balaban J connectivity index is 2.67. The number of rotatable bonds is 9. The van der Waals surface area contributed by atoms with Crippen molar-refractivity contribution in [3.05, 3.63) is 15.6 Å². The van der Waals surface area contributed by atoms with E-state index in [0.717, 1.165) is 32.6 Å². The summed E-state index contributed by atoms with van der Waals surface area (Å²) >= 11 is 1.84. The molecule has 0 fully saturated rings. The molecule has 1 aromatic heterocycles. The van der Waals surface area contributed by atoms with Crippen molar-refractivity contribution in [2.24, 2.45) is 5.92 Å². The molecule has 4 heteroatoms. The normalized spacial score (nSPS) is 11.7. The fraction of sp³-hybridized carbons (Fsp3) is 0.800. The first-order chi connectivity index (χ1) is 9.02. The zero-order chi connectivity index (χ0) is 14.3. The Morgan fingerprint density at radius 2 is 2.00 bits per heavy atom. The van der Waals surface area contributed by atoms with Crippen molar-refractivity contribution in [1.82, 2.24) is 10.3 Å². The van der Waals surface area contributed by atoms with Crippen LogP contribution in [0.1, 0.15) is 50.2 Å². The van der Waals surface area contributed by atoms with Gasteiger partial charge in [0.15, 0.2) is 0 Å². The lowest BCUT2D eigenvalue weighted by atomic mass is 10.1. The number of aromatic nitrogens is 1. The van der Waals surface area contributed by atoms with E-state index in [1.807, 2.05) is 18.3 Å². The highest BCUT2D eigenvalue weighted by Gasteiger charge is 2.12. The molecule has 0 saturated carbocycles. The minimum atomic E-state index is 0.515. The van der Waals surface area contributed by atoms with Gasteiger partial charge in [-0.1, -0.05) is 27.7 Å². The first kappa shape index (κ1) is 16.6. The molecule has 1 rings (SSSR count). The van der Waals surface area contributed by atoms with E-state index in [4.69, 9.17) is 9.72 Å². The van der Waals surface area contributed by atoms with E-state index in [1.54, 1.807) is 0 Å². The highest BCUT2D eigenvalue weighted by molar-refractivity contribution is 7.11. The number of nitrogens with zero attached hydrogens (tertiary/aromatic N) is 1. The van der Waals surface area contributed by atoms with Crippen molar-refractivity contribution in [3.8, 4) is 0 Å². The lowest BCUT2D eigenvalue weighted by Crippen LogP contribution is -2.22. The summed E-state index contributed by atoms with van der Waals surface area (Å²) in [5.74, 6) is 0.652. The molecular formula is C15H28N2OS. The van der Waals surface area contributed by atoms with Crippen LogP contribution < -0.4 is 5.32 Å². The summed E-state index contributed by atoms with van der Waals surface area (Å²) in [4.78, 5) is 6.20. The molecule has 110 valence electrons. The van der Waals surface area contributed by atoms with Crippen molar-refractivity contribution >= 4 is 11.3 Å². The van der Waals surface area contributed by atoms with Gasteiger partial charge < -0.3 is 10.1 Å². The second kappa shape index (κ2) is 8.67. The van der Waals surface area contributed by atoms with Crippen LogP contribution in [0.15, 0.2) is 0 Å². The maximum atomic E-state index is 5.42. The van der Waals surface area contributed by atoms with Gasteiger partial charge >= 0.3 is 0 Å². The molecule has 0 spiro atoms. The van der Waals surface area contributed by atoms with Crippen molar-refractivity contribution in [2.75, 3.05) is 13.2 Å². The van der Waals surface area contributed by atoms with E-state index in [2.05, 4.69) is 33.0 Å². The van der Waals surface area contributed by atoms with Gasteiger partial charge in [-0.3, -0.25) is 0 Å². The van der Waals surface area contributed by atoms with Crippen molar-refractivity contribution in [2.45, 2.75) is 60.0 Å². The highest BCUT2D eigenvalue weighted by atomic mass is 32.1. The van der Waals surface area contributed by atoms with Gasteiger partial charge in [0, 0.05) is 30.5 Å². The molecule has 0 saturated heterocycles. The van der Waals surface area contributed by atoms with Gasteiger partial charge in [0.25, 0.3) is 0 Å².